The zero-order valence-corrected chi connectivity index (χ0v) is 19.7. The maximum absolute atomic E-state index is 12.9. The predicted octanol–water partition coefficient (Wildman–Crippen LogP) is 4.71. The van der Waals surface area contributed by atoms with Crippen LogP contribution < -0.4 is 4.90 Å². The van der Waals surface area contributed by atoms with Crippen LogP contribution in [-0.2, 0) is 4.79 Å². The minimum absolute atomic E-state index is 0.134. The quantitative estimate of drug-likeness (QED) is 0.387. The van der Waals surface area contributed by atoms with Crippen LogP contribution in [0.5, 0.6) is 0 Å². The summed E-state index contributed by atoms with van der Waals surface area (Å²) in [5.74, 6) is 1.85. The summed E-state index contributed by atoms with van der Waals surface area (Å²) in [6.07, 6.45) is 0. The van der Waals surface area contributed by atoms with Gasteiger partial charge < -0.3 is 14.2 Å². The van der Waals surface area contributed by atoms with Crippen molar-refractivity contribution in [3.05, 3.63) is 60.7 Å². The van der Waals surface area contributed by atoms with Gasteiger partial charge in [-0.1, -0.05) is 48.2 Å². The van der Waals surface area contributed by atoms with Crippen molar-refractivity contribution in [3.8, 4) is 11.6 Å². The number of benzene rings is 2. The molecule has 4 aromatic rings. The molecule has 0 atom stereocenters. The van der Waals surface area contributed by atoms with Crippen molar-refractivity contribution in [2.75, 3.05) is 36.8 Å². The summed E-state index contributed by atoms with van der Waals surface area (Å²) in [5, 5.41) is 10.6. The Hall–Kier alpha value is -3.26. The van der Waals surface area contributed by atoms with Crippen molar-refractivity contribution in [1.82, 2.24) is 19.7 Å². The van der Waals surface area contributed by atoms with Crippen molar-refractivity contribution in [2.45, 2.75) is 25.0 Å². The number of fused-ring (bicyclic) bond motifs is 1. The summed E-state index contributed by atoms with van der Waals surface area (Å²) in [4.78, 5) is 17.2. The number of anilines is 1. The standard InChI is InChI=1S/C25H27N5O2S/c1-18(2)30-24(22-16-19-8-6-7-11-21(19)32-22)26-27-25(30)33-17-23(31)29-14-12-28(13-15-29)20-9-4-3-5-10-20/h3-11,16,18H,12-15,17H2,1-2H3. The molecule has 1 saturated heterocycles. The van der Waals surface area contributed by atoms with E-state index in [-0.39, 0.29) is 11.9 Å². The summed E-state index contributed by atoms with van der Waals surface area (Å²) < 4.78 is 8.06. The van der Waals surface area contributed by atoms with Crippen LogP contribution in [-0.4, -0.2) is 57.5 Å². The minimum Gasteiger partial charge on any atom is -0.453 e. The molecule has 0 saturated carbocycles. The van der Waals surface area contributed by atoms with Crippen molar-refractivity contribution in [2.24, 2.45) is 0 Å². The molecule has 2 aromatic heterocycles. The number of furan rings is 1. The molecule has 1 aliphatic heterocycles. The van der Waals surface area contributed by atoms with Gasteiger partial charge in [0.2, 0.25) is 11.7 Å². The lowest BCUT2D eigenvalue weighted by Crippen LogP contribution is -2.49. The molecule has 0 unspecified atom stereocenters. The highest BCUT2D eigenvalue weighted by Crippen LogP contribution is 2.31. The maximum Gasteiger partial charge on any atom is 0.233 e. The molecular formula is C25H27N5O2S. The minimum atomic E-state index is 0.134. The molecule has 1 aliphatic rings. The van der Waals surface area contributed by atoms with Crippen molar-refractivity contribution >= 4 is 34.3 Å². The average Bonchev–Trinajstić information content (AvgIpc) is 3.47. The molecule has 3 heterocycles. The molecule has 0 aliphatic carbocycles. The van der Waals surface area contributed by atoms with Crippen LogP contribution in [0.4, 0.5) is 5.69 Å². The van der Waals surface area contributed by atoms with E-state index in [4.69, 9.17) is 4.42 Å². The highest BCUT2D eigenvalue weighted by molar-refractivity contribution is 7.99. The first-order valence-corrected chi connectivity index (χ1v) is 12.2. The lowest BCUT2D eigenvalue weighted by molar-refractivity contribution is -0.128. The van der Waals surface area contributed by atoms with Gasteiger partial charge in [0.25, 0.3) is 0 Å². The normalized spacial score (nSPS) is 14.4. The molecule has 33 heavy (non-hydrogen) atoms. The third-order valence-corrected chi connectivity index (χ3v) is 6.83. The number of carbonyl (C=O) groups is 1. The first-order valence-electron chi connectivity index (χ1n) is 11.2. The van der Waals surface area contributed by atoms with Crippen LogP contribution in [0.25, 0.3) is 22.6 Å². The second-order valence-corrected chi connectivity index (χ2v) is 9.35. The molecule has 8 heteroatoms. The van der Waals surface area contributed by atoms with Gasteiger partial charge in [-0.15, -0.1) is 10.2 Å². The van der Waals surface area contributed by atoms with Gasteiger partial charge in [-0.25, -0.2) is 0 Å². The van der Waals surface area contributed by atoms with E-state index < -0.39 is 0 Å². The number of thioether (sulfide) groups is 1. The zero-order chi connectivity index (χ0) is 22.8. The van der Waals surface area contributed by atoms with Gasteiger partial charge in [-0.2, -0.15) is 0 Å². The molecule has 0 spiro atoms. The van der Waals surface area contributed by atoms with Gasteiger partial charge in [0.1, 0.15) is 5.58 Å². The van der Waals surface area contributed by atoms with Gasteiger partial charge in [0.15, 0.2) is 10.9 Å². The monoisotopic (exact) mass is 461 g/mol. The van der Waals surface area contributed by atoms with E-state index in [0.717, 1.165) is 42.3 Å². The number of hydrogen-bond acceptors (Lipinski definition) is 6. The van der Waals surface area contributed by atoms with Crippen molar-refractivity contribution in [3.63, 3.8) is 0 Å². The van der Waals surface area contributed by atoms with Crippen LogP contribution in [0.3, 0.4) is 0 Å². The van der Waals surface area contributed by atoms with Crippen molar-refractivity contribution < 1.29 is 9.21 Å². The molecule has 0 N–H and O–H groups in total. The maximum atomic E-state index is 12.9. The Labute approximate surface area is 197 Å². The van der Waals surface area contributed by atoms with Gasteiger partial charge in [0, 0.05) is 43.3 Å². The molecule has 7 nitrogen and oxygen atoms in total. The van der Waals surface area contributed by atoms with Crippen LogP contribution in [0.2, 0.25) is 0 Å². The van der Waals surface area contributed by atoms with E-state index in [2.05, 4.69) is 41.1 Å². The summed E-state index contributed by atoms with van der Waals surface area (Å²) >= 11 is 1.44. The van der Waals surface area contributed by atoms with E-state index >= 15 is 0 Å². The predicted molar refractivity (Wildman–Crippen MR) is 132 cm³/mol. The van der Waals surface area contributed by atoms with Crippen molar-refractivity contribution in [1.29, 1.82) is 0 Å². The smallest absolute Gasteiger partial charge is 0.233 e. The van der Waals surface area contributed by atoms with E-state index in [1.54, 1.807) is 0 Å². The number of aromatic nitrogens is 3. The lowest BCUT2D eigenvalue weighted by Gasteiger charge is -2.36. The number of nitrogens with zero attached hydrogens (tertiary/aromatic N) is 5. The first kappa shape index (κ1) is 21.6. The second-order valence-electron chi connectivity index (χ2n) is 8.41. The summed E-state index contributed by atoms with van der Waals surface area (Å²) in [6, 6.07) is 20.4. The fourth-order valence-electron chi connectivity index (χ4n) is 4.17. The van der Waals surface area contributed by atoms with Gasteiger partial charge in [-0.05, 0) is 38.1 Å². The Morgan fingerprint density at radius 1 is 1.00 bits per heavy atom. The molecule has 0 bridgehead atoms. The number of carbonyl (C=O) groups excluding carboxylic acids is 1. The fraction of sp³-hybridized carbons (Fsp3) is 0.320. The average molecular weight is 462 g/mol. The largest absolute Gasteiger partial charge is 0.453 e. The topological polar surface area (TPSA) is 67.4 Å². The molecule has 1 fully saturated rings. The number of para-hydroxylation sites is 2. The van der Waals surface area contributed by atoms with Crippen LogP contribution >= 0.6 is 11.8 Å². The summed E-state index contributed by atoms with van der Waals surface area (Å²) in [5.41, 5.74) is 2.03. The molecule has 170 valence electrons. The Bertz CT molecular complexity index is 1210. The molecule has 1 amide bonds. The summed E-state index contributed by atoms with van der Waals surface area (Å²) in [6.45, 7) is 7.33. The Morgan fingerprint density at radius 2 is 1.73 bits per heavy atom. The first-order chi connectivity index (χ1) is 16.1. The Balaban J connectivity index is 1.25. The Kier molecular flexibility index (Phi) is 6.09. The SMILES string of the molecule is CC(C)n1c(SCC(=O)N2CCN(c3ccccc3)CC2)nnc1-c1cc2ccccc2o1. The molecule has 5 rings (SSSR count). The molecular weight excluding hydrogens is 434 g/mol. The van der Waals surface area contributed by atoms with Gasteiger partial charge >= 0.3 is 0 Å². The number of rotatable bonds is 6. The molecule has 2 aromatic carbocycles. The van der Waals surface area contributed by atoms with Gasteiger partial charge in [-0.3, -0.25) is 9.36 Å². The van der Waals surface area contributed by atoms with E-state index in [1.165, 1.54) is 17.4 Å². The van der Waals surface area contributed by atoms with E-state index in [1.807, 2.05) is 58.0 Å². The lowest BCUT2D eigenvalue weighted by atomic mass is 10.2. The van der Waals surface area contributed by atoms with E-state index in [9.17, 15) is 4.79 Å². The van der Waals surface area contributed by atoms with Crippen LogP contribution in [0.15, 0.2) is 70.2 Å². The fourth-order valence-corrected chi connectivity index (χ4v) is 5.14. The third kappa shape index (κ3) is 4.48. The van der Waals surface area contributed by atoms with Gasteiger partial charge in [0.05, 0.1) is 5.75 Å². The third-order valence-electron chi connectivity index (χ3n) is 5.91. The highest BCUT2D eigenvalue weighted by Gasteiger charge is 2.24. The second kappa shape index (κ2) is 9.31. The van der Waals surface area contributed by atoms with Crippen LogP contribution in [0, 0.1) is 0 Å². The number of amides is 1. The zero-order valence-electron chi connectivity index (χ0n) is 18.8. The number of piperazine rings is 1. The number of hydrogen-bond donors (Lipinski definition) is 0. The van der Waals surface area contributed by atoms with Crippen LogP contribution in [0.1, 0.15) is 19.9 Å². The highest BCUT2D eigenvalue weighted by atomic mass is 32.2. The molecule has 0 radical (unpaired) electrons. The Morgan fingerprint density at radius 3 is 2.45 bits per heavy atom. The summed E-state index contributed by atoms with van der Waals surface area (Å²) in [7, 11) is 0. The van der Waals surface area contributed by atoms with E-state index in [0.29, 0.717) is 17.3 Å².